The van der Waals surface area contributed by atoms with Crippen LogP contribution in [0, 0.1) is 6.92 Å². The van der Waals surface area contributed by atoms with E-state index >= 15 is 0 Å². The third-order valence-corrected chi connectivity index (χ3v) is 6.92. The Kier molecular flexibility index (Phi) is 8.88. The quantitative estimate of drug-likeness (QED) is 0.529. The fourth-order valence-electron chi connectivity index (χ4n) is 3.22. The highest BCUT2D eigenvalue weighted by Crippen LogP contribution is 2.29. The molecule has 1 N–H and O–H groups in total. The van der Waals surface area contributed by atoms with Gasteiger partial charge in [0.1, 0.15) is 5.75 Å². The smallest absolute Gasteiger partial charge is 0.243 e. The summed E-state index contributed by atoms with van der Waals surface area (Å²) in [6.07, 6.45) is 0.820. The van der Waals surface area contributed by atoms with Gasteiger partial charge >= 0.3 is 0 Å². The second kappa shape index (κ2) is 11.2. The van der Waals surface area contributed by atoms with Crippen molar-refractivity contribution in [2.24, 2.45) is 0 Å². The van der Waals surface area contributed by atoms with E-state index in [0.717, 1.165) is 17.0 Å². The zero-order valence-corrected chi connectivity index (χ0v) is 19.8. The van der Waals surface area contributed by atoms with E-state index in [1.165, 1.54) is 10.4 Å². The maximum absolute atomic E-state index is 12.9. The number of rotatable bonds is 11. The van der Waals surface area contributed by atoms with Crippen molar-refractivity contribution in [1.82, 2.24) is 4.31 Å². The number of anilines is 2. The first-order valence-corrected chi connectivity index (χ1v) is 11.9. The fraction of sp³-hybridized carbons (Fsp3) is 0.435. The Balaban J connectivity index is 2.06. The lowest BCUT2D eigenvalue weighted by Crippen LogP contribution is -2.30. The Labute approximate surface area is 186 Å². The molecule has 2 aromatic rings. The minimum atomic E-state index is -3.61. The molecule has 0 saturated heterocycles. The zero-order chi connectivity index (χ0) is 23.0. The number of nitrogens with one attached hydrogen (secondary N) is 1. The van der Waals surface area contributed by atoms with Gasteiger partial charge in [0.25, 0.3) is 0 Å². The van der Waals surface area contributed by atoms with Crippen LogP contribution in [0.25, 0.3) is 0 Å². The molecule has 0 atom stereocenters. The minimum absolute atomic E-state index is 0.167. The van der Waals surface area contributed by atoms with E-state index in [0.29, 0.717) is 31.8 Å². The lowest BCUT2D eigenvalue weighted by atomic mass is 10.2. The molecule has 0 heterocycles. The van der Waals surface area contributed by atoms with Crippen molar-refractivity contribution >= 4 is 27.3 Å². The molecule has 0 radical (unpaired) electrons. The highest BCUT2D eigenvalue weighted by atomic mass is 32.2. The zero-order valence-electron chi connectivity index (χ0n) is 19.0. The number of hydrogen-bond donors (Lipinski definition) is 1. The molecule has 0 aliphatic carbocycles. The predicted octanol–water partition coefficient (Wildman–Crippen LogP) is 3.89. The average Bonchev–Trinajstić information content (AvgIpc) is 2.71. The molecule has 8 heteroatoms. The van der Waals surface area contributed by atoms with Gasteiger partial charge in [-0.05, 0) is 49.2 Å². The summed E-state index contributed by atoms with van der Waals surface area (Å²) < 4.78 is 32.8. The summed E-state index contributed by atoms with van der Waals surface area (Å²) in [5, 5.41) is 2.87. The number of benzene rings is 2. The second-order valence-electron chi connectivity index (χ2n) is 7.48. The summed E-state index contributed by atoms with van der Waals surface area (Å²) in [6.45, 7) is 6.80. The van der Waals surface area contributed by atoms with Crippen molar-refractivity contribution in [2.45, 2.75) is 38.5 Å². The van der Waals surface area contributed by atoms with E-state index in [2.05, 4.69) is 5.32 Å². The summed E-state index contributed by atoms with van der Waals surface area (Å²) in [5.74, 6) is 0.595. The predicted molar refractivity (Wildman–Crippen MR) is 125 cm³/mol. The Hall–Kier alpha value is -2.58. The third kappa shape index (κ3) is 6.70. The molecule has 1 amide bonds. The van der Waals surface area contributed by atoms with Crippen LogP contribution < -0.4 is 15.0 Å². The van der Waals surface area contributed by atoms with Gasteiger partial charge in [0.05, 0.1) is 22.9 Å². The maximum atomic E-state index is 12.9. The summed E-state index contributed by atoms with van der Waals surface area (Å²) in [7, 11) is 0.0794. The van der Waals surface area contributed by atoms with Crippen LogP contribution in [-0.2, 0) is 14.8 Å². The number of carbonyl (C=O) groups is 1. The molecule has 0 saturated carbocycles. The molecular formula is C23H33N3O4S. The van der Waals surface area contributed by atoms with Crippen LogP contribution in [-0.4, -0.2) is 52.4 Å². The Morgan fingerprint density at radius 2 is 1.77 bits per heavy atom. The number of aryl methyl sites for hydroxylation is 1. The molecule has 2 rings (SSSR count). The summed E-state index contributed by atoms with van der Waals surface area (Å²) in [4.78, 5) is 14.5. The molecule has 2 aromatic carbocycles. The SMILES string of the molecule is CCN(CC)S(=O)(=O)c1ccc(N(C)C)c(NC(=O)CCCOc2cccc(C)c2)c1. The van der Waals surface area contributed by atoms with Gasteiger partial charge in [-0.1, -0.05) is 26.0 Å². The lowest BCUT2D eigenvalue weighted by Gasteiger charge is -2.22. The van der Waals surface area contributed by atoms with E-state index in [1.54, 1.807) is 26.0 Å². The number of sulfonamides is 1. The first kappa shape index (κ1) is 24.7. The van der Waals surface area contributed by atoms with E-state index in [4.69, 9.17) is 4.74 Å². The van der Waals surface area contributed by atoms with Gasteiger partial charge in [-0.15, -0.1) is 0 Å². The highest BCUT2D eigenvalue weighted by Gasteiger charge is 2.23. The van der Waals surface area contributed by atoms with Gasteiger partial charge in [-0.2, -0.15) is 4.31 Å². The van der Waals surface area contributed by atoms with E-state index in [-0.39, 0.29) is 17.2 Å². The van der Waals surface area contributed by atoms with Crippen LogP contribution in [0.1, 0.15) is 32.3 Å². The molecule has 0 spiro atoms. The van der Waals surface area contributed by atoms with Crippen LogP contribution >= 0.6 is 0 Å². The largest absolute Gasteiger partial charge is 0.494 e. The van der Waals surface area contributed by atoms with Crippen molar-refractivity contribution < 1.29 is 17.9 Å². The van der Waals surface area contributed by atoms with Crippen LogP contribution in [0.3, 0.4) is 0 Å². The second-order valence-corrected chi connectivity index (χ2v) is 9.42. The van der Waals surface area contributed by atoms with Crippen molar-refractivity contribution in [3.63, 3.8) is 0 Å². The van der Waals surface area contributed by atoms with Gasteiger partial charge < -0.3 is 15.0 Å². The molecule has 0 aromatic heterocycles. The van der Waals surface area contributed by atoms with E-state index in [9.17, 15) is 13.2 Å². The summed E-state index contributed by atoms with van der Waals surface area (Å²) in [6, 6.07) is 12.6. The van der Waals surface area contributed by atoms with Crippen molar-refractivity contribution in [2.75, 3.05) is 44.0 Å². The summed E-state index contributed by atoms with van der Waals surface area (Å²) in [5.41, 5.74) is 2.33. The van der Waals surface area contributed by atoms with Crippen LogP contribution in [0.15, 0.2) is 47.4 Å². The topological polar surface area (TPSA) is 79.0 Å². The number of amides is 1. The lowest BCUT2D eigenvalue weighted by molar-refractivity contribution is -0.116. The molecule has 0 fully saturated rings. The van der Waals surface area contributed by atoms with Crippen molar-refractivity contribution in [1.29, 1.82) is 0 Å². The van der Waals surface area contributed by atoms with E-state index < -0.39 is 10.0 Å². The van der Waals surface area contributed by atoms with Crippen molar-refractivity contribution in [3.05, 3.63) is 48.0 Å². The maximum Gasteiger partial charge on any atom is 0.243 e. The molecule has 7 nitrogen and oxygen atoms in total. The standard InChI is InChI=1S/C23H33N3O4S/c1-6-26(7-2)31(28,29)20-13-14-22(25(4)5)21(17-20)24-23(27)12-9-15-30-19-11-8-10-18(3)16-19/h8,10-11,13-14,16-17H,6-7,9,12,15H2,1-5H3,(H,24,27). The monoisotopic (exact) mass is 447 g/mol. The normalized spacial score (nSPS) is 11.4. The molecular weight excluding hydrogens is 414 g/mol. The highest BCUT2D eigenvalue weighted by molar-refractivity contribution is 7.89. The molecule has 31 heavy (non-hydrogen) atoms. The Bertz CT molecular complexity index is 986. The first-order valence-electron chi connectivity index (χ1n) is 10.5. The first-order chi connectivity index (χ1) is 14.7. The number of nitrogens with zero attached hydrogens (tertiary/aromatic N) is 2. The van der Waals surface area contributed by atoms with Crippen molar-refractivity contribution in [3.8, 4) is 5.75 Å². The van der Waals surface area contributed by atoms with Crippen LogP contribution in [0.2, 0.25) is 0 Å². The average molecular weight is 448 g/mol. The molecule has 0 bridgehead atoms. The molecule has 170 valence electrons. The van der Waals surface area contributed by atoms with Gasteiger partial charge in [0.15, 0.2) is 0 Å². The van der Waals surface area contributed by atoms with Gasteiger partial charge in [-0.3, -0.25) is 4.79 Å². The number of hydrogen-bond acceptors (Lipinski definition) is 5. The Morgan fingerprint density at radius 1 is 1.06 bits per heavy atom. The molecule has 0 aliphatic heterocycles. The number of ether oxygens (including phenoxy) is 1. The van der Waals surface area contributed by atoms with Gasteiger partial charge in [0.2, 0.25) is 15.9 Å². The fourth-order valence-corrected chi connectivity index (χ4v) is 4.70. The number of carbonyl (C=O) groups excluding carboxylic acids is 1. The molecule has 0 unspecified atom stereocenters. The Morgan fingerprint density at radius 3 is 2.39 bits per heavy atom. The van der Waals surface area contributed by atoms with E-state index in [1.807, 2.05) is 50.2 Å². The molecule has 0 aliphatic rings. The van der Waals surface area contributed by atoms with Gasteiger partial charge in [-0.25, -0.2) is 8.42 Å². The van der Waals surface area contributed by atoms with Gasteiger partial charge in [0, 0.05) is 33.6 Å². The minimum Gasteiger partial charge on any atom is -0.494 e. The van der Waals surface area contributed by atoms with Crippen LogP contribution in [0.5, 0.6) is 5.75 Å². The summed E-state index contributed by atoms with van der Waals surface area (Å²) >= 11 is 0. The third-order valence-electron chi connectivity index (χ3n) is 4.87. The van der Waals surface area contributed by atoms with Crippen LogP contribution in [0.4, 0.5) is 11.4 Å².